The molecule has 0 spiro atoms. The van der Waals surface area contributed by atoms with Gasteiger partial charge in [0.25, 0.3) is 0 Å². The third-order valence-electron chi connectivity index (χ3n) is 2.88. The van der Waals surface area contributed by atoms with Gasteiger partial charge in [-0.25, -0.2) is 0 Å². The number of rotatable bonds is 5. The standard InChI is InChI=1S/C12H22N2O2S/c1-17-9-7-13-11(15)10-14-8-5-3-2-4-6-12(14)16/h2-10H2,1H3,(H,13,15). The molecule has 0 aromatic rings. The molecule has 1 aliphatic rings. The van der Waals surface area contributed by atoms with Crippen LogP contribution < -0.4 is 5.32 Å². The molecule has 0 saturated carbocycles. The van der Waals surface area contributed by atoms with Crippen LogP contribution in [0.4, 0.5) is 0 Å². The van der Waals surface area contributed by atoms with Crippen molar-refractivity contribution in [3.8, 4) is 0 Å². The molecule has 0 aromatic carbocycles. The fourth-order valence-electron chi connectivity index (χ4n) is 1.90. The second-order valence-electron chi connectivity index (χ2n) is 4.32. The number of carbonyl (C=O) groups is 2. The van der Waals surface area contributed by atoms with Crippen molar-refractivity contribution >= 4 is 23.6 Å². The molecule has 0 unspecified atom stereocenters. The summed E-state index contributed by atoms with van der Waals surface area (Å²) in [5, 5.41) is 2.83. The lowest BCUT2D eigenvalue weighted by molar-refractivity contribution is -0.136. The summed E-state index contributed by atoms with van der Waals surface area (Å²) in [5.41, 5.74) is 0. The van der Waals surface area contributed by atoms with Crippen molar-refractivity contribution in [3.63, 3.8) is 0 Å². The molecule has 1 saturated heterocycles. The van der Waals surface area contributed by atoms with E-state index in [1.165, 1.54) is 0 Å². The topological polar surface area (TPSA) is 49.4 Å². The Morgan fingerprint density at radius 3 is 2.88 bits per heavy atom. The van der Waals surface area contributed by atoms with Crippen molar-refractivity contribution in [2.45, 2.75) is 32.1 Å². The molecule has 1 heterocycles. The summed E-state index contributed by atoms with van der Waals surface area (Å²) >= 11 is 1.70. The van der Waals surface area contributed by atoms with Gasteiger partial charge in [0.15, 0.2) is 0 Å². The summed E-state index contributed by atoms with van der Waals surface area (Å²) in [4.78, 5) is 25.1. The van der Waals surface area contributed by atoms with Gasteiger partial charge in [0, 0.05) is 25.3 Å². The minimum atomic E-state index is -0.0343. The molecule has 1 N–H and O–H groups in total. The Morgan fingerprint density at radius 1 is 1.35 bits per heavy atom. The average molecular weight is 258 g/mol. The van der Waals surface area contributed by atoms with E-state index in [4.69, 9.17) is 0 Å². The SMILES string of the molecule is CSCCNC(=O)CN1CCCCCCC1=O. The van der Waals surface area contributed by atoms with Gasteiger partial charge in [0.05, 0.1) is 6.54 Å². The fourth-order valence-corrected chi connectivity index (χ4v) is 2.21. The largest absolute Gasteiger partial charge is 0.354 e. The Kier molecular flexibility index (Phi) is 7.08. The van der Waals surface area contributed by atoms with Crippen LogP contribution in [0.1, 0.15) is 32.1 Å². The molecule has 0 bridgehead atoms. The summed E-state index contributed by atoms with van der Waals surface area (Å²) in [6.45, 7) is 1.64. The minimum Gasteiger partial charge on any atom is -0.354 e. The first-order valence-corrected chi connectivity index (χ1v) is 7.67. The van der Waals surface area contributed by atoms with Crippen molar-refractivity contribution in [1.29, 1.82) is 0 Å². The summed E-state index contributed by atoms with van der Waals surface area (Å²) in [5.74, 6) is 1.01. The quantitative estimate of drug-likeness (QED) is 0.755. The van der Waals surface area contributed by atoms with Crippen LogP contribution in [0.3, 0.4) is 0 Å². The van der Waals surface area contributed by atoms with Crippen molar-refractivity contribution in [2.24, 2.45) is 0 Å². The van der Waals surface area contributed by atoms with Gasteiger partial charge in [-0.3, -0.25) is 9.59 Å². The Bertz CT molecular complexity index is 259. The van der Waals surface area contributed by atoms with Crippen LogP contribution in [0.2, 0.25) is 0 Å². The fraction of sp³-hybridized carbons (Fsp3) is 0.833. The number of thioether (sulfide) groups is 1. The lowest BCUT2D eigenvalue weighted by Gasteiger charge is -2.24. The highest BCUT2D eigenvalue weighted by Crippen LogP contribution is 2.11. The van der Waals surface area contributed by atoms with E-state index in [2.05, 4.69) is 5.32 Å². The number of nitrogens with zero attached hydrogens (tertiary/aromatic N) is 1. The lowest BCUT2D eigenvalue weighted by Crippen LogP contribution is -2.42. The van der Waals surface area contributed by atoms with Crippen LogP contribution in [0, 0.1) is 0 Å². The maximum Gasteiger partial charge on any atom is 0.239 e. The van der Waals surface area contributed by atoms with Crippen LogP contribution in [-0.2, 0) is 9.59 Å². The zero-order valence-electron chi connectivity index (χ0n) is 10.5. The van der Waals surface area contributed by atoms with Crippen molar-refractivity contribution in [2.75, 3.05) is 31.6 Å². The first-order valence-electron chi connectivity index (χ1n) is 6.27. The van der Waals surface area contributed by atoms with Crippen LogP contribution >= 0.6 is 11.8 Å². The molecule has 98 valence electrons. The number of hydrogen-bond donors (Lipinski definition) is 1. The molecule has 1 fully saturated rings. The van der Waals surface area contributed by atoms with Crippen LogP contribution in [0.15, 0.2) is 0 Å². The van der Waals surface area contributed by atoms with Gasteiger partial charge in [0.2, 0.25) is 11.8 Å². The van der Waals surface area contributed by atoms with Gasteiger partial charge < -0.3 is 10.2 Å². The van der Waals surface area contributed by atoms with E-state index in [-0.39, 0.29) is 18.4 Å². The summed E-state index contributed by atoms with van der Waals surface area (Å²) in [6, 6.07) is 0. The van der Waals surface area contributed by atoms with E-state index in [0.717, 1.165) is 38.0 Å². The average Bonchev–Trinajstić information content (AvgIpc) is 2.29. The van der Waals surface area contributed by atoms with E-state index in [1.807, 2.05) is 6.26 Å². The Labute approximate surface area is 108 Å². The highest BCUT2D eigenvalue weighted by molar-refractivity contribution is 7.98. The molecule has 4 nitrogen and oxygen atoms in total. The van der Waals surface area contributed by atoms with E-state index in [0.29, 0.717) is 13.0 Å². The first kappa shape index (κ1) is 14.4. The maximum absolute atomic E-state index is 11.8. The highest BCUT2D eigenvalue weighted by atomic mass is 32.2. The zero-order chi connectivity index (χ0) is 12.5. The smallest absolute Gasteiger partial charge is 0.239 e. The number of carbonyl (C=O) groups excluding carboxylic acids is 2. The lowest BCUT2D eigenvalue weighted by atomic mass is 10.1. The van der Waals surface area contributed by atoms with Crippen molar-refractivity contribution < 1.29 is 9.59 Å². The summed E-state index contributed by atoms with van der Waals surface area (Å²) in [7, 11) is 0. The van der Waals surface area contributed by atoms with Crippen molar-refractivity contribution in [3.05, 3.63) is 0 Å². The van der Waals surface area contributed by atoms with E-state index in [9.17, 15) is 9.59 Å². The van der Waals surface area contributed by atoms with Crippen LogP contribution in [0.25, 0.3) is 0 Å². The zero-order valence-corrected chi connectivity index (χ0v) is 11.4. The minimum absolute atomic E-state index is 0.0343. The molecule has 1 aliphatic heterocycles. The Morgan fingerprint density at radius 2 is 2.12 bits per heavy atom. The summed E-state index contributed by atoms with van der Waals surface area (Å²) < 4.78 is 0. The van der Waals surface area contributed by atoms with E-state index >= 15 is 0 Å². The molecular formula is C12H22N2O2S. The van der Waals surface area contributed by atoms with Gasteiger partial charge in [-0.05, 0) is 19.1 Å². The molecule has 1 rings (SSSR count). The third kappa shape index (κ3) is 5.96. The molecule has 0 radical (unpaired) electrons. The molecule has 2 amide bonds. The highest BCUT2D eigenvalue weighted by Gasteiger charge is 2.17. The molecule has 0 aliphatic carbocycles. The second-order valence-corrected chi connectivity index (χ2v) is 5.31. The molecular weight excluding hydrogens is 236 g/mol. The normalized spacial score (nSPS) is 17.5. The molecule has 17 heavy (non-hydrogen) atoms. The molecule has 0 atom stereocenters. The van der Waals surface area contributed by atoms with Gasteiger partial charge in [0.1, 0.15) is 0 Å². The first-order chi connectivity index (χ1) is 8.24. The third-order valence-corrected chi connectivity index (χ3v) is 3.50. The Balaban J connectivity index is 2.30. The van der Waals surface area contributed by atoms with Gasteiger partial charge in [-0.2, -0.15) is 11.8 Å². The molecule has 5 heteroatoms. The monoisotopic (exact) mass is 258 g/mol. The molecule has 0 aromatic heterocycles. The van der Waals surface area contributed by atoms with E-state index in [1.54, 1.807) is 16.7 Å². The summed E-state index contributed by atoms with van der Waals surface area (Å²) in [6.07, 6.45) is 6.89. The number of likely N-dealkylation sites (tertiary alicyclic amines) is 1. The second kappa shape index (κ2) is 8.39. The number of hydrogen-bond acceptors (Lipinski definition) is 3. The maximum atomic E-state index is 11.8. The number of nitrogens with one attached hydrogen (secondary N) is 1. The van der Waals surface area contributed by atoms with E-state index < -0.39 is 0 Å². The van der Waals surface area contributed by atoms with Gasteiger partial charge >= 0.3 is 0 Å². The number of amides is 2. The van der Waals surface area contributed by atoms with Crippen LogP contribution in [0.5, 0.6) is 0 Å². The van der Waals surface area contributed by atoms with Crippen molar-refractivity contribution in [1.82, 2.24) is 10.2 Å². The van der Waals surface area contributed by atoms with Gasteiger partial charge in [-0.15, -0.1) is 0 Å². The Hall–Kier alpha value is -0.710. The predicted octanol–water partition coefficient (Wildman–Crippen LogP) is 1.26. The predicted molar refractivity (Wildman–Crippen MR) is 71.1 cm³/mol. The van der Waals surface area contributed by atoms with Gasteiger partial charge in [-0.1, -0.05) is 12.8 Å². The van der Waals surface area contributed by atoms with Crippen LogP contribution in [-0.4, -0.2) is 48.4 Å².